The summed E-state index contributed by atoms with van der Waals surface area (Å²) in [6.07, 6.45) is 1.84. The van der Waals surface area contributed by atoms with Gasteiger partial charge in [-0.15, -0.1) is 5.10 Å². The molecule has 12 heteroatoms. The van der Waals surface area contributed by atoms with Gasteiger partial charge in [-0.1, -0.05) is 30.3 Å². The highest BCUT2D eigenvalue weighted by atomic mass is 32.3. The fourth-order valence-corrected chi connectivity index (χ4v) is 5.68. The Kier molecular flexibility index (Phi) is 4.99. The third kappa shape index (κ3) is 3.76. The maximum Gasteiger partial charge on any atom is 0.291 e. The minimum atomic E-state index is -2.74. The monoisotopic (exact) mass is 457 g/mol. The Morgan fingerprint density at radius 1 is 1.22 bits per heavy atom. The number of aromatic nitrogens is 5. The van der Waals surface area contributed by atoms with E-state index in [1.54, 1.807) is 16.4 Å². The zero-order chi connectivity index (χ0) is 22.5. The second kappa shape index (κ2) is 7.73. The summed E-state index contributed by atoms with van der Waals surface area (Å²) in [7, 11) is -1.13. The van der Waals surface area contributed by atoms with Gasteiger partial charge in [0.2, 0.25) is 5.82 Å². The molecule has 3 aromatic rings. The highest BCUT2D eigenvalue weighted by Gasteiger charge is 2.38. The summed E-state index contributed by atoms with van der Waals surface area (Å²) in [4.78, 5) is 31.3. The summed E-state index contributed by atoms with van der Waals surface area (Å²) in [6.45, 7) is 0.899. The first-order valence-electron chi connectivity index (χ1n) is 10.1. The summed E-state index contributed by atoms with van der Waals surface area (Å²) in [5.41, 5.74) is 2.34. The van der Waals surface area contributed by atoms with Crippen molar-refractivity contribution in [1.82, 2.24) is 29.9 Å². The van der Waals surface area contributed by atoms with E-state index in [4.69, 9.17) is 0 Å². The molecule has 1 atom stereocenters. The first-order valence-corrected chi connectivity index (χ1v) is 12.0. The van der Waals surface area contributed by atoms with Crippen LogP contribution in [0.15, 0.2) is 36.7 Å². The summed E-state index contributed by atoms with van der Waals surface area (Å²) in [6, 6.07) is 8.93. The zero-order valence-corrected chi connectivity index (χ0v) is 18.2. The van der Waals surface area contributed by atoms with Gasteiger partial charge in [0.1, 0.15) is 18.2 Å². The summed E-state index contributed by atoms with van der Waals surface area (Å²) in [5, 5.41) is 11.4. The first-order chi connectivity index (χ1) is 15.3. The van der Waals surface area contributed by atoms with Crippen LogP contribution in [0.1, 0.15) is 33.9 Å². The Labute approximate surface area is 185 Å². The lowest BCUT2D eigenvalue weighted by Crippen LogP contribution is -2.47. The normalized spacial score (nSPS) is 20.4. The highest BCUT2D eigenvalue weighted by molar-refractivity contribution is 8.23. The number of carbonyl (C=O) groups is 2. The van der Waals surface area contributed by atoms with Crippen LogP contribution in [0.5, 0.6) is 0 Å². The fourth-order valence-electron chi connectivity index (χ4n) is 4.15. The number of carbonyl (C=O) groups excluding carboxylic acids is 2. The molecule has 0 saturated carbocycles. The van der Waals surface area contributed by atoms with Crippen molar-refractivity contribution in [1.29, 1.82) is 0 Å². The first kappa shape index (κ1) is 20.7. The van der Waals surface area contributed by atoms with E-state index in [0.29, 0.717) is 36.6 Å². The van der Waals surface area contributed by atoms with Crippen LogP contribution in [0.25, 0.3) is 0 Å². The molecule has 3 N–H and O–H groups in total. The Hall–Kier alpha value is -3.22. The Bertz CT molecular complexity index is 1190. The lowest BCUT2D eigenvalue weighted by molar-refractivity contribution is -0.120. The van der Waals surface area contributed by atoms with E-state index < -0.39 is 22.5 Å². The van der Waals surface area contributed by atoms with Crippen molar-refractivity contribution in [3.8, 4) is 0 Å². The van der Waals surface area contributed by atoms with Gasteiger partial charge in [0.25, 0.3) is 11.8 Å². The van der Waals surface area contributed by atoms with E-state index >= 15 is 0 Å². The molecule has 11 nitrogen and oxygen atoms in total. The summed E-state index contributed by atoms with van der Waals surface area (Å²) in [5.74, 6) is -0.0659. The van der Waals surface area contributed by atoms with E-state index in [0.717, 1.165) is 5.56 Å². The molecule has 1 aromatic carbocycles. The van der Waals surface area contributed by atoms with Crippen molar-refractivity contribution < 1.29 is 18.7 Å². The molecule has 0 spiro atoms. The van der Waals surface area contributed by atoms with E-state index in [9.17, 15) is 18.7 Å². The van der Waals surface area contributed by atoms with Crippen LogP contribution in [0.2, 0.25) is 0 Å². The van der Waals surface area contributed by atoms with Gasteiger partial charge in [-0.25, -0.2) is 14.3 Å². The molecule has 2 aliphatic rings. The summed E-state index contributed by atoms with van der Waals surface area (Å²) < 4.78 is 23.3. The fraction of sp³-hybridized carbons (Fsp3) is 0.350. The van der Waals surface area contributed by atoms with Crippen LogP contribution in [-0.2, 0) is 29.4 Å². The molecule has 0 aliphatic carbocycles. The van der Waals surface area contributed by atoms with Gasteiger partial charge in [-0.05, 0) is 12.0 Å². The lowest BCUT2D eigenvalue weighted by atomic mass is 10.2. The van der Waals surface area contributed by atoms with Gasteiger partial charge >= 0.3 is 0 Å². The van der Waals surface area contributed by atoms with Crippen LogP contribution in [0.3, 0.4) is 0 Å². The molecule has 168 valence electrons. The maximum atomic E-state index is 13.1. The number of rotatable bonds is 4. The minimum absolute atomic E-state index is 0.00629. The van der Waals surface area contributed by atoms with E-state index in [-0.39, 0.29) is 23.2 Å². The number of aryl methyl sites for hydroxylation is 1. The largest absolute Gasteiger partial charge is 0.337 e. The quantitative estimate of drug-likeness (QED) is 0.539. The third-order valence-corrected chi connectivity index (χ3v) is 7.14. The van der Waals surface area contributed by atoms with Crippen molar-refractivity contribution in [3.63, 3.8) is 0 Å². The Balaban J connectivity index is 1.29. The average Bonchev–Trinajstić information content (AvgIpc) is 3.40. The van der Waals surface area contributed by atoms with Crippen LogP contribution in [0, 0.1) is 0 Å². The van der Waals surface area contributed by atoms with Gasteiger partial charge in [0, 0.05) is 19.2 Å². The predicted molar refractivity (Wildman–Crippen MR) is 117 cm³/mol. The Morgan fingerprint density at radius 3 is 2.78 bits per heavy atom. The molecule has 0 bridgehead atoms. The van der Waals surface area contributed by atoms with Gasteiger partial charge in [0.15, 0.2) is 0 Å². The standard InChI is InChI=1S/C20H23N7O4S/c1-25-19-14-10-32(30,31)11-16(14)23-27(19)8-7-15(20(25)29)22-18(28)17-21-12-26(24-17)9-13-5-3-2-4-6-13/h2-6,12,15,30-31H,7-11H2,1H3,(H,22,28). The number of nitrogens with zero attached hydrogens (tertiary/aromatic N) is 6. The molecular formula is C20H23N7O4S. The van der Waals surface area contributed by atoms with Crippen LogP contribution >= 0.6 is 10.6 Å². The average molecular weight is 458 g/mol. The number of amides is 2. The Morgan fingerprint density at radius 2 is 2.00 bits per heavy atom. The molecule has 4 heterocycles. The lowest BCUT2D eigenvalue weighted by Gasteiger charge is -2.26. The van der Waals surface area contributed by atoms with Gasteiger partial charge in [-0.2, -0.15) is 15.7 Å². The van der Waals surface area contributed by atoms with Crippen molar-refractivity contribution >= 4 is 28.2 Å². The summed E-state index contributed by atoms with van der Waals surface area (Å²) >= 11 is 0. The molecule has 1 unspecified atom stereocenters. The highest BCUT2D eigenvalue weighted by Crippen LogP contribution is 2.54. The van der Waals surface area contributed by atoms with Crippen LogP contribution < -0.4 is 10.2 Å². The molecule has 5 rings (SSSR count). The minimum Gasteiger partial charge on any atom is -0.337 e. The number of benzene rings is 1. The van der Waals surface area contributed by atoms with E-state index in [1.807, 2.05) is 30.3 Å². The van der Waals surface area contributed by atoms with Gasteiger partial charge in [-0.3, -0.25) is 23.6 Å². The third-order valence-electron chi connectivity index (χ3n) is 5.66. The molecular weight excluding hydrogens is 434 g/mol. The van der Waals surface area contributed by atoms with Gasteiger partial charge in [0.05, 0.1) is 23.7 Å². The molecule has 2 aromatic heterocycles. The molecule has 32 heavy (non-hydrogen) atoms. The number of likely N-dealkylation sites (N-methyl/N-ethyl adjacent to an activating group) is 1. The molecule has 2 aliphatic heterocycles. The second-order valence-corrected chi connectivity index (χ2v) is 10.2. The van der Waals surface area contributed by atoms with Crippen molar-refractivity contribution in [2.24, 2.45) is 0 Å². The molecule has 2 amide bonds. The van der Waals surface area contributed by atoms with Gasteiger partial charge < -0.3 is 5.32 Å². The molecule has 0 radical (unpaired) electrons. The van der Waals surface area contributed by atoms with Crippen molar-refractivity contribution in [3.05, 3.63) is 59.3 Å². The number of fused-ring (bicyclic) bond motifs is 3. The number of hydrogen-bond donors (Lipinski definition) is 3. The van der Waals surface area contributed by atoms with E-state index in [2.05, 4.69) is 20.5 Å². The van der Waals surface area contributed by atoms with Crippen molar-refractivity contribution in [2.75, 3.05) is 11.9 Å². The van der Waals surface area contributed by atoms with E-state index in [1.165, 1.54) is 11.2 Å². The molecule has 0 fully saturated rings. The topological polar surface area (TPSA) is 138 Å². The second-order valence-electron chi connectivity index (χ2n) is 8.03. The molecule has 0 saturated heterocycles. The SMILES string of the molecule is CN1C(=O)C(NC(=O)c2ncn(Cc3ccccc3)n2)CCn2nc3c(c21)CS(O)(O)C3. The number of nitrogens with one attached hydrogen (secondary N) is 1. The maximum absolute atomic E-state index is 13.1. The predicted octanol–water partition coefficient (Wildman–Crippen LogP) is 1.45. The smallest absolute Gasteiger partial charge is 0.291 e. The van der Waals surface area contributed by atoms with Crippen molar-refractivity contribution in [2.45, 2.75) is 37.1 Å². The van der Waals surface area contributed by atoms with Crippen LogP contribution in [0.4, 0.5) is 5.82 Å². The van der Waals surface area contributed by atoms with Crippen LogP contribution in [-0.4, -0.2) is 58.6 Å². The number of hydrogen-bond acceptors (Lipinski definition) is 7. The number of anilines is 1. The zero-order valence-electron chi connectivity index (χ0n) is 17.4.